The van der Waals surface area contributed by atoms with Gasteiger partial charge in [-0.05, 0) is 42.5 Å². The van der Waals surface area contributed by atoms with Crippen molar-refractivity contribution in [2.45, 2.75) is 38.0 Å². The number of carbonyl (C=O) groups excluding carboxylic acids is 1. The second kappa shape index (κ2) is 8.38. The Morgan fingerprint density at radius 1 is 1.18 bits per heavy atom. The van der Waals surface area contributed by atoms with E-state index < -0.39 is 0 Å². The third kappa shape index (κ3) is 4.14. The van der Waals surface area contributed by atoms with Crippen molar-refractivity contribution in [2.24, 2.45) is 0 Å². The highest BCUT2D eigenvalue weighted by atomic mass is 19.1. The van der Waals surface area contributed by atoms with Crippen LogP contribution in [0.3, 0.4) is 0 Å². The summed E-state index contributed by atoms with van der Waals surface area (Å²) in [6.45, 7) is 0.655. The van der Waals surface area contributed by atoms with Crippen LogP contribution in [0.25, 0.3) is 11.3 Å². The lowest BCUT2D eigenvalue weighted by Gasteiger charge is -2.25. The van der Waals surface area contributed by atoms with Crippen LogP contribution in [-0.2, 0) is 17.6 Å². The van der Waals surface area contributed by atoms with E-state index in [-0.39, 0.29) is 11.7 Å². The molecule has 0 saturated carbocycles. The normalized spacial score (nSPS) is 15.8. The van der Waals surface area contributed by atoms with Crippen molar-refractivity contribution in [3.8, 4) is 11.3 Å². The first-order valence-electron chi connectivity index (χ1n) is 9.75. The molecule has 0 fully saturated rings. The van der Waals surface area contributed by atoms with Gasteiger partial charge >= 0.3 is 0 Å². The molecule has 1 aromatic heterocycles. The lowest BCUT2D eigenvalue weighted by atomic mass is 9.83. The number of fused-ring (bicyclic) bond motifs is 1. The Bertz CT molecular complexity index is 966. The Labute approximate surface area is 163 Å². The summed E-state index contributed by atoms with van der Waals surface area (Å²) in [5.41, 5.74) is 3.13. The molecule has 1 aliphatic carbocycles. The summed E-state index contributed by atoms with van der Waals surface area (Å²) in [4.78, 5) is 16.4. The van der Waals surface area contributed by atoms with E-state index in [1.165, 1.54) is 23.4 Å². The molecule has 144 valence electrons. The van der Waals surface area contributed by atoms with Gasteiger partial charge in [0, 0.05) is 25.3 Å². The van der Waals surface area contributed by atoms with Crippen molar-refractivity contribution in [1.29, 1.82) is 0 Å². The Balaban J connectivity index is 1.30. The molecule has 4 rings (SSSR count). The number of amides is 1. The number of hydrogen-bond donors (Lipinski definition) is 1. The fourth-order valence-electron chi connectivity index (χ4n) is 3.82. The highest BCUT2D eigenvalue weighted by Gasteiger charge is 2.20. The van der Waals surface area contributed by atoms with E-state index in [2.05, 4.69) is 34.6 Å². The van der Waals surface area contributed by atoms with Gasteiger partial charge in [0.05, 0.1) is 11.8 Å². The van der Waals surface area contributed by atoms with Crippen LogP contribution in [-0.4, -0.2) is 17.4 Å². The number of nitrogens with zero attached hydrogens (tertiary/aromatic N) is 1. The van der Waals surface area contributed by atoms with Crippen LogP contribution in [0.15, 0.2) is 59.1 Å². The number of carbonyl (C=O) groups is 1. The zero-order valence-corrected chi connectivity index (χ0v) is 15.7. The summed E-state index contributed by atoms with van der Waals surface area (Å²) in [6, 6.07) is 14.9. The monoisotopic (exact) mass is 378 g/mol. The van der Waals surface area contributed by atoms with Crippen molar-refractivity contribution < 1.29 is 13.6 Å². The number of aromatic nitrogens is 1. The summed E-state index contributed by atoms with van der Waals surface area (Å²) in [6.07, 6.45) is 5.57. The van der Waals surface area contributed by atoms with E-state index in [4.69, 9.17) is 4.42 Å². The second-order valence-electron chi connectivity index (χ2n) is 7.19. The van der Waals surface area contributed by atoms with Crippen LogP contribution < -0.4 is 5.32 Å². The minimum absolute atomic E-state index is 0.0197. The van der Waals surface area contributed by atoms with Gasteiger partial charge < -0.3 is 9.73 Å². The summed E-state index contributed by atoms with van der Waals surface area (Å²) in [5.74, 6) is 0.830. The van der Waals surface area contributed by atoms with Crippen LogP contribution in [0.4, 0.5) is 4.39 Å². The molecule has 1 aliphatic rings. The van der Waals surface area contributed by atoms with Crippen LogP contribution in [0.1, 0.15) is 42.2 Å². The van der Waals surface area contributed by atoms with Crippen molar-refractivity contribution in [1.82, 2.24) is 10.3 Å². The van der Waals surface area contributed by atoms with Gasteiger partial charge in [-0.15, -0.1) is 0 Å². The third-order valence-corrected chi connectivity index (χ3v) is 5.30. The molecule has 0 aliphatic heterocycles. The molecule has 0 radical (unpaired) electrons. The first kappa shape index (κ1) is 18.4. The molecule has 1 unspecified atom stereocenters. The van der Waals surface area contributed by atoms with Gasteiger partial charge in [0.1, 0.15) is 5.82 Å². The Hall–Kier alpha value is -2.95. The highest BCUT2D eigenvalue weighted by molar-refractivity contribution is 5.76. The molecule has 1 atom stereocenters. The molecular weight excluding hydrogens is 355 g/mol. The molecule has 1 N–H and O–H groups in total. The summed E-state index contributed by atoms with van der Waals surface area (Å²) < 4.78 is 19.4. The van der Waals surface area contributed by atoms with Crippen LogP contribution in [0, 0.1) is 5.82 Å². The van der Waals surface area contributed by atoms with Gasteiger partial charge in [0.25, 0.3) is 0 Å². The molecular formula is C23H23FN2O2. The number of halogens is 1. The second-order valence-corrected chi connectivity index (χ2v) is 7.19. The van der Waals surface area contributed by atoms with E-state index in [1.807, 2.05) is 0 Å². The Morgan fingerprint density at radius 2 is 2.00 bits per heavy atom. The Morgan fingerprint density at radius 3 is 2.89 bits per heavy atom. The SMILES string of the molecule is O=C(CCc1ncc(-c2ccccc2F)o1)NCC1CCCc2ccccc21. The lowest BCUT2D eigenvalue weighted by molar-refractivity contribution is -0.121. The summed E-state index contributed by atoms with van der Waals surface area (Å²) in [7, 11) is 0. The first-order valence-corrected chi connectivity index (χ1v) is 9.75. The summed E-state index contributed by atoms with van der Waals surface area (Å²) in [5, 5.41) is 3.04. The number of nitrogens with one attached hydrogen (secondary N) is 1. The van der Waals surface area contributed by atoms with E-state index in [9.17, 15) is 9.18 Å². The zero-order chi connectivity index (χ0) is 19.3. The van der Waals surface area contributed by atoms with Gasteiger partial charge in [-0.1, -0.05) is 36.4 Å². The summed E-state index contributed by atoms with van der Waals surface area (Å²) >= 11 is 0. The van der Waals surface area contributed by atoms with E-state index >= 15 is 0 Å². The first-order chi connectivity index (χ1) is 13.7. The van der Waals surface area contributed by atoms with Gasteiger partial charge in [-0.3, -0.25) is 4.79 Å². The van der Waals surface area contributed by atoms with Crippen LogP contribution >= 0.6 is 0 Å². The van der Waals surface area contributed by atoms with Crippen molar-refractivity contribution in [3.05, 3.63) is 77.6 Å². The average molecular weight is 378 g/mol. The molecule has 3 aromatic rings. The standard InChI is InChI=1S/C23H23FN2O2/c24-20-11-4-3-10-19(20)21-15-26-23(28-21)13-12-22(27)25-14-17-8-5-7-16-6-1-2-9-18(16)17/h1-4,6,9-11,15,17H,5,7-8,12-14H2,(H,25,27). The van der Waals surface area contributed by atoms with Gasteiger partial charge in [0.15, 0.2) is 11.7 Å². The average Bonchev–Trinajstić information content (AvgIpc) is 3.20. The Kier molecular flexibility index (Phi) is 5.51. The molecule has 0 bridgehead atoms. The van der Waals surface area contributed by atoms with Crippen molar-refractivity contribution in [3.63, 3.8) is 0 Å². The van der Waals surface area contributed by atoms with Crippen molar-refractivity contribution >= 4 is 5.91 Å². The van der Waals surface area contributed by atoms with Gasteiger partial charge in [-0.2, -0.15) is 0 Å². The molecule has 5 heteroatoms. The minimum atomic E-state index is -0.351. The van der Waals surface area contributed by atoms with Crippen LogP contribution in [0.5, 0.6) is 0 Å². The predicted octanol–water partition coefficient (Wildman–Crippen LogP) is 4.65. The number of aryl methyl sites for hydroxylation is 2. The lowest BCUT2D eigenvalue weighted by Crippen LogP contribution is -2.30. The largest absolute Gasteiger partial charge is 0.441 e. The number of rotatable bonds is 6. The fourth-order valence-corrected chi connectivity index (χ4v) is 3.82. The maximum atomic E-state index is 13.8. The molecule has 4 nitrogen and oxygen atoms in total. The van der Waals surface area contributed by atoms with Gasteiger partial charge in [0.2, 0.25) is 5.91 Å². The fraction of sp³-hybridized carbons (Fsp3) is 0.304. The highest BCUT2D eigenvalue weighted by Crippen LogP contribution is 2.30. The molecule has 2 aromatic carbocycles. The molecule has 1 amide bonds. The number of benzene rings is 2. The smallest absolute Gasteiger partial charge is 0.220 e. The van der Waals surface area contributed by atoms with Crippen molar-refractivity contribution in [2.75, 3.05) is 6.54 Å². The minimum Gasteiger partial charge on any atom is -0.441 e. The maximum absolute atomic E-state index is 13.8. The molecule has 0 saturated heterocycles. The van der Waals surface area contributed by atoms with E-state index in [1.54, 1.807) is 18.2 Å². The topological polar surface area (TPSA) is 55.1 Å². The van der Waals surface area contributed by atoms with E-state index in [0.717, 1.165) is 19.3 Å². The predicted molar refractivity (Wildman–Crippen MR) is 105 cm³/mol. The number of hydrogen-bond acceptors (Lipinski definition) is 3. The molecule has 28 heavy (non-hydrogen) atoms. The molecule has 0 spiro atoms. The maximum Gasteiger partial charge on any atom is 0.220 e. The van der Waals surface area contributed by atoms with E-state index in [0.29, 0.717) is 42.5 Å². The van der Waals surface area contributed by atoms with Crippen LogP contribution in [0.2, 0.25) is 0 Å². The van der Waals surface area contributed by atoms with Gasteiger partial charge in [-0.25, -0.2) is 9.37 Å². The number of oxazole rings is 1. The third-order valence-electron chi connectivity index (χ3n) is 5.30. The zero-order valence-electron chi connectivity index (χ0n) is 15.7. The molecule has 1 heterocycles. The quantitative estimate of drug-likeness (QED) is 0.679.